The third-order valence-corrected chi connectivity index (χ3v) is 5.17. The molecule has 1 unspecified atom stereocenters. The largest absolute Gasteiger partial charge is 0.398 e. The number of nitrogens with zero attached hydrogens (tertiary/aromatic N) is 1. The first kappa shape index (κ1) is 16.3. The Morgan fingerprint density at radius 3 is 2.62 bits per heavy atom. The van der Waals surface area contributed by atoms with Crippen LogP contribution in [0, 0.1) is 11.3 Å². The molecular formula is C17H25BrN2O. The van der Waals surface area contributed by atoms with Crippen LogP contribution >= 0.6 is 15.9 Å². The van der Waals surface area contributed by atoms with E-state index in [1.807, 2.05) is 17.0 Å². The number of anilines is 1. The van der Waals surface area contributed by atoms with Crippen LogP contribution in [-0.4, -0.2) is 23.9 Å². The first-order valence-corrected chi connectivity index (χ1v) is 8.42. The molecule has 1 aromatic rings. The molecule has 1 heterocycles. The van der Waals surface area contributed by atoms with Crippen molar-refractivity contribution in [2.45, 2.75) is 40.0 Å². The summed E-state index contributed by atoms with van der Waals surface area (Å²) in [5.74, 6) is 0.804. The zero-order valence-electron chi connectivity index (χ0n) is 13.2. The van der Waals surface area contributed by atoms with Crippen molar-refractivity contribution in [3.63, 3.8) is 0 Å². The molecule has 2 N–H and O–H groups in total. The van der Waals surface area contributed by atoms with Gasteiger partial charge in [0.15, 0.2) is 0 Å². The van der Waals surface area contributed by atoms with Gasteiger partial charge in [-0.2, -0.15) is 0 Å². The molecule has 1 aromatic carbocycles. The number of carbonyl (C=O) groups is 1. The van der Waals surface area contributed by atoms with Crippen LogP contribution < -0.4 is 5.73 Å². The highest BCUT2D eigenvalue weighted by Gasteiger charge is 2.28. The van der Waals surface area contributed by atoms with Crippen LogP contribution in [0.25, 0.3) is 0 Å². The minimum atomic E-state index is 0.116. The van der Waals surface area contributed by atoms with Gasteiger partial charge in [-0.25, -0.2) is 0 Å². The van der Waals surface area contributed by atoms with E-state index < -0.39 is 0 Å². The average Bonchev–Trinajstić information content (AvgIpc) is 2.66. The molecule has 0 aliphatic carbocycles. The minimum absolute atomic E-state index is 0.116. The molecule has 0 aromatic heterocycles. The van der Waals surface area contributed by atoms with Crippen LogP contribution in [0.1, 0.15) is 50.4 Å². The second-order valence-corrected chi connectivity index (χ2v) is 7.88. The van der Waals surface area contributed by atoms with E-state index in [0.717, 1.165) is 30.4 Å². The van der Waals surface area contributed by atoms with Gasteiger partial charge < -0.3 is 10.6 Å². The number of rotatable bonds is 1. The van der Waals surface area contributed by atoms with Crippen LogP contribution in [0.15, 0.2) is 22.7 Å². The van der Waals surface area contributed by atoms with Crippen LogP contribution in [-0.2, 0) is 0 Å². The molecule has 3 nitrogen and oxygen atoms in total. The highest BCUT2D eigenvalue weighted by molar-refractivity contribution is 9.10. The summed E-state index contributed by atoms with van der Waals surface area (Å²) in [6.07, 6.45) is 3.38. The second kappa shape index (κ2) is 6.39. The first-order valence-electron chi connectivity index (χ1n) is 7.63. The summed E-state index contributed by atoms with van der Waals surface area (Å²) in [4.78, 5) is 14.6. The number of benzene rings is 1. The number of nitrogen functional groups attached to an aromatic ring is 1. The summed E-state index contributed by atoms with van der Waals surface area (Å²) in [7, 11) is 0. The average molecular weight is 353 g/mol. The highest BCUT2D eigenvalue weighted by atomic mass is 79.9. The van der Waals surface area contributed by atoms with E-state index in [1.54, 1.807) is 6.07 Å². The molecule has 1 aliphatic rings. The molecule has 0 bridgehead atoms. The normalized spacial score (nSPS) is 20.2. The van der Waals surface area contributed by atoms with Gasteiger partial charge in [0.25, 0.3) is 5.91 Å². The van der Waals surface area contributed by atoms with E-state index in [-0.39, 0.29) is 5.91 Å². The lowest BCUT2D eigenvalue weighted by Gasteiger charge is -2.29. The zero-order chi connectivity index (χ0) is 15.6. The summed E-state index contributed by atoms with van der Waals surface area (Å²) in [5.41, 5.74) is 7.48. The lowest BCUT2D eigenvalue weighted by Crippen LogP contribution is -2.32. The van der Waals surface area contributed by atoms with Crippen molar-refractivity contribution in [1.82, 2.24) is 4.90 Å². The van der Waals surface area contributed by atoms with Gasteiger partial charge in [0.05, 0.1) is 0 Å². The van der Waals surface area contributed by atoms with Gasteiger partial charge in [-0.05, 0) is 64.7 Å². The van der Waals surface area contributed by atoms with Gasteiger partial charge in [0.1, 0.15) is 0 Å². The van der Waals surface area contributed by atoms with E-state index in [9.17, 15) is 4.79 Å². The molecule has 0 radical (unpaired) electrons. The molecule has 1 fully saturated rings. The lowest BCUT2D eigenvalue weighted by molar-refractivity contribution is 0.0755. The number of likely N-dealkylation sites (tertiary alicyclic amines) is 1. The van der Waals surface area contributed by atoms with E-state index in [0.29, 0.717) is 22.6 Å². The fraction of sp³-hybridized carbons (Fsp3) is 0.588. The van der Waals surface area contributed by atoms with Crippen LogP contribution in [0.4, 0.5) is 5.69 Å². The Hall–Kier alpha value is -1.03. The monoisotopic (exact) mass is 352 g/mol. The molecule has 116 valence electrons. The lowest BCUT2D eigenvalue weighted by atomic mass is 9.77. The van der Waals surface area contributed by atoms with Gasteiger partial charge in [0.2, 0.25) is 0 Å². The SMILES string of the molecule is CC(C)(C)C1CCCN(C(=O)c2ccc(N)c(Br)c2)CC1. The third-order valence-electron chi connectivity index (χ3n) is 4.49. The molecule has 0 spiro atoms. The Bertz CT molecular complexity index is 522. The first-order chi connectivity index (χ1) is 9.79. The van der Waals surface area contributed by atoms with Gasteiger partial charge in [-0.15, -0.1) is 0 Å². The predicted molar refractivity (Wildman–Crippen MR) is 91.3 cm³/mol. The van der Waals surface area contributed by atoms with Crippen LogP contribution in [0.3, 0.4) is 0 Å². The van der Waals surface area contributed by atoms with E-state index in [1.165, 1.54) is 6.42 Å². The number of hydrogen-bond donors (Lipinski definition) is 1. The predicted octanol–water partition coefficient (Wildman–Crippen LogP) is 4.32. The maximum absolute atomic E-state index is 12.6. The Morgan fingerprint density at radius 2 is 2.00 bits per heavy atom. The van der Waals surface area contributed by atoms with Crippen molar-refractivity contribution < 1.29 is 4.79 Å². The topological polar surface area (TPSA) is 46.3 Å². The molecule has 2 rings (SSSR count). The second-order valence-electron chi connectivity index (χ2n) is 7.02. The smallest absolute Gasteiger partial charge is 0.253 e. The van der Waals surface area contributed by atoms with Gasteiger partial charge in [-0.3, -0.25) is 4.79 Å². The number of nitrogens with two attached hydrogens (primary N) is 1. The fourth-order valence-electron chi connectivity index (χ4n) is 3.01. The van der Waals surface area contributed by atoms with Crippen molar-refractivity contribution in [3.8, 4) is 0 Å². The van der Waals surface area contributed by atoms with Crippen molar-refractivity contribution in [2.75, 3.05) is 18.8 Å². The summed E-state index contributed by atoms with van der Waals surface area (Å²) < 4.78 is 0.788. The quantitative estimate of drug-likeness (QED) is 0.765. The van der Waals surface area contributed by atoms with E-state index in [4.69, 9.17) is 5.73 Å². The summed E-state index contributed by atoms with van der Waals surface area (Å²) >= 11 is 3.39. The Kier molecular flexibility index (Phi) is 4.97. The van der Waals surface area contributed by atoms with Crippen LogP contribution in [0.2, 0.25) is 0 Å². The fourth-order valence-corrected chi connectivity index (χ4v) is 3.39. The molecule has 1 aliphatic heterocycles. The molecule has 1 saturated heterocycles. The number of halogens is 1. The van der Waals surface area contributed by atoms with Gasteiger partial charge >= 0.3 is 0 Å². The summed E-state index contributed by atoms with van der Waals surface area (Å²) in [6, 6.07) is 5.42. The summed E-state index contributed by atoms with van der Waals surface area (Å²) in [5, 5.41) is 0. The van der Waals surface area contributed by atoms with E-state index >= 15 is 0 Å². The third kappa shape index (κ3) is 4.00. The molecule has 0 saturated carbocycles. The molecule has 21 heavy (non-hydrogen) atoms. The molecule has 1 atom stereocenters. The molecule has 1 amide bonds. The zero-order valence-corrected chi connectivity index (χ0v) is 14.7. The molecule has 4 heteroatoms. The van der Waals surface area contributed by atoms with Crippen molar-refractivity contribution >= 4 is 27.5 Å². The van der Waals surface area contributed by atoms with E-state index in [2.05, 4.69) is 36.7 Å². The van der Waals surface area contributed by atoms with Crippen LogP contribution in [0.5, 0.6) is 0 Å². The Morgan fingerprint density at radius 1 is 1.29 bits per heavy atom. The van der Waals surface area contributed by atoms with Gasteiger partial charge in [0, 0.05) is 28.8 Å². The summed E-state index contributed by atoms with van der Waals surface area (Å²) in [6.45, 7) is 8.60. The minimum Gasteiger partial charge on any atom is -0.398 e. The number of carbonyl (C=O) groups excluding carboxylic acids is 1. The number of amides is 1. The van der Waals surface area contributed by atoms with Gasteiger partial charge in [-0.1, -0.05) is 20.8 Å². The highest BCUT2D eigenvalue weighted by Crippen LogP contribution is 2.34. The van der Waals surface area contributed by atoms with Crippen molar-refractivity contribution in [1.29, 1.82) is 0 Å². The Balaban J connectivity index is 2.08. The standard InChI is InChI=1S/C17H25BrN2O/c1-17(2,3)13-5-4-9-20(10-8-13)16(21)12-6-7-15(19)14(18)11-12/h6-7,11,13H,4-5,8-10,19H2,1-3H3. The maximum Gasteiger partial charge on any atom is 0.253 e. The van der Waals surface area contributed by atoms with Crippen molar-refractivity contribution in [2.24, 2.45) is 11.3 Å². The number of hydrogen-bond acceptors (Lipinski definition) is 2. The maximum atomic E-state index is 12.6. The Labute approximate surface area is 136 Å². The van der Waals surface area contributed by atoms with Crippen molar-refractivity contribution in [3.05, 3.63) is 28.2 Å². The molecular weight excluding hydrogens is 328 g/mol.